The van der Waals surface area contributed by atoms with E-state index in [-0.39, 0.29) is 5.41 Å². The van der Waals surface area contributed by atoms with Crippen LogP contribution >= 0.6 is 11.3 Å². The first-order valence-corrected chi connectivity index (χ1v) is 7.68. The van der Waals surface area contributed by atoms with Crippen LogP contribution in [0.3, 0.4) is 0 Å². The average molecular weight is 268 g/mol. The van der Waals surface area contributed by atoms with Crippen LogP contribution in [0.1, 0.15) is 43.5 Å². The Labute approximate surface area is 114 Å². The topological polar surface area (TPSA) is 34.1 Å². The van der Waals surface area contributed by atoms with Crippen molar-refractivity contribution in [3.05, 3.63) is 16.1 Å². The van der Waals surface area contributed by atoms with Gasteiger partial charge in [-0.15, -0.1) is 11.3 Å². The molecule has 0 aromatic carbocycles. The van der Waals surface area contributed by atoms with E-state index >= 15 is 0 Å². The molecule has 1 aliphatic carbocycles. The molecule has 0 bridgehead atoms. The van der Waals surface area contributed by atoms with Gasteiger partial charge in [0.15, 0.2) is 0 Å². The molecule has 2 rings (SSSR count). The van der Waals surface area contributed by atoms with Crippen LogP contribution in [0.5, 0.6) is 0 Å². The van der Waals surface area contributed by atoms with E-state index in [0.717, 1.165) is 31.0 Å². The second-order valence-electron chi connectivity index (χ2n) is 5.32. The third-order valence-corrected chi connectivity index (χ3v) is 5.22. The molecule has 1 aromatic heterocycles. The fourth-order valence-corrected chi connectivity index (χ4v) is 3.52. The third kappa shape index (κ3) is 2.60. The Morgan fingerprint density at radius 1 is 1.56 bits per heavy atom. The predicted octanol–water partition coefficient (Wildman–Crippen LogP) is 3.13. The van der Waals surface area contributed by atoms with E-state index in [4.69, 9.17) is 4.74 Å². The van der Waals surface area contributed by atoms with Gasteiger partial charge in [-0.05, 0) is 26.7 Å². The van der Waals surface area contributed by atoms with Gasteiger partial charge in [0.05, 0.1) is 11.1 Å². The van der Waals surface area contributed by atoms with E-state index in [1.165, 1.54) is 4.88 Å². The van der Waals surface area contributed by atoms with Crippen LogP contribution in [0.4, 0.5) is 0 Å². The largest absolute Gasteiger partial charge is 0.378 e. The number of ether oxygens (including phenoxy) is 1. The molecule has 0 radical (unpaired) electrons. The summed E-state index contributed by atoms with van der Waals surface area (Å²) in [6.45, 7) is 10.5. The number of rotatable bonds is 6. The zero-order chi connectivity index (χ0) is 13.2. The normalized spacial score (nSPS) is 31.3. The number of nitrogens with zero attached hydrogens (tertiary/aromatic N) is 1. The molecule has 1 aliphatic rings. The van der Waals surface area contributed by atoms with Crippen LogP contribution in [0.25, 0.3) is 0 Å². The predicted molar refractivity (Wildman–Crippen MR) is 75.9 cm³/mol. The minimum atomic E-state index is 0.287. The van der Waals surface area contributed by atoms with Crippen molar-refractivity contribution < 1.29 is 4.74 Å². The summed E-state index contributed by atoms with van der Waals surface area (Å²) in [7, 11) is 0. The minimum absolute atomic E-state index is 0.287. The highest BCUT2D eigenvalue weighted by atomic mass is 32.1. The lowest BCUT2D eigenvalue weighted by atomic mass is 9.61. The lowest BCUT2D eigenvalue weighted by molar-refractivity contribution is -0.126. The van der Waals surface area contributed by atoms with E-state index in [0.29, 0.717) is 12.1 Å². The first kappa shape index (κ1) is 14.0. The Kier molecular flexibility index (Phi) is 4.41. The maximum Gasteiger partial charge on any atom is 0.0897 e. The molecule has 18 heavy (non-hydrogen) atoms. The van der Waals surface area contributed by atoms with Crippen molar-refractivity contribution in [3.63, 3.8) is 0 Å². The maximum atomic E-state index is 5.82. The molecule has 4 heteroatoms. The fraction of sp³-hybridized carbons (Fsp3) is 0.786. The molecule has 1 heterocycles. The van der Waals surface area contributed by atoms with Gasteiger partial charge in [-0.25, -0.2) is 4.98 Å². The highest BCUT2D eigenvalue weighted by Gasteiger charge is 2.50. The third-order valence-electron chi connectivity index (χ3n) is 4.30. The average Bonchev–Trinajstić information content (AvgIpc) is 2.77. The van der Waals surface area contributed by atoms with Gasteiger partial charge in [0.25, 0.3) is 0 Å². The number of hydrogen-bond donors (Lipinski definition) is 1. The quantitative estimate of drug-likeness (QED) is 0.860. The highest BCUT2D eigenvalue weighted by molar-refractivity contribution is 7.11. The molecule has 1 fully saturated rings. The van der Waals surface area contributed by atoms with Crippen molar-refractivity contribution >= 4 is 11.3 Å². The summed E-state index contributed by atoms with van der Waals surface area (Å²) in [6, 6.07) is 0.571. The van der Waals surface area contributed by atoms with Gasteiger partial charge in [-0.3, -0.25) is 0 Å². The standard InChI is InChI=1S/C14H24N2OS/c1-5-14(4)12(7-13(14)17-6-2)16-9-11-8-15-10(3)18-11/h8,12-13,16H,5-7,9H2,1-4H3. The summed E-state index contributed by atoms with van der Waals surface area (Å²) in [4.78, 5) is 5.62. The monoisotopic (exact) mass is 268 g/mol. The molecule has 0 amide bonds. The Hall–Kier alpha value is -0.450. The number of hydrogen-bond acceptors (Lipinski definition) is 4. The van der Waals surface area contributed by atoms with E-state index in [9.17, 15) is 0 Å². The SMILES string of the molecule is CCOC1CC(NCc2cnc(C)s2)C1(C)CC. The smallest absolute Gasteiger partial charge is 0.0897 e. The molecule has 3 unspecified atom stereocenters. The Balaban J connectivity index is 1.87. The van der Waals surface area contributed by atoms with Crippen molar-refractivity contribution in [2.24, 2.45) is 5.41 Å². The van der Waals surface area contributed by atoms with Crippen LogP contribution in [-0.4, -0.2) is 23.7 Å². The van der Waals surface area contributed by atoms with E-state index in [2.05, 4.69) is 38.0 Å². The molecular weight excluding hydrogens is 244 g/mol. The Morgan fingerprint density at radius 3 is 2.89 bits per heavy atom. The summed E-state index contributed by atoms with van der Waals surface area (Å²) < 4.78 is 5.82. The van der Waals surface area contributed by atoms with Crippen LogP contribution < -0.4 is 5.32 Å². The molecule has 3 atom stereocenters. The first-order valence-electron chi connectivity index (χ1n) is 6.86. The molecule has 0 saturated heterocycles. The Bertz CT molecular complexity index is 393. The highest BCUT2D eigenvalue weighted by Crippen LogP contribution is 2.46. The lowest BCUT2D eigenvalue weighted by Crippen LogP contribution is -2.61. The van der Waals surface area contributed by atoms with E-state index < -0.39 is 0 Å². The second-order valence-corrected chi connectivity index (χ2v) is 6.64. The van der Waals surface area contributed by atoms with Crippen molar-refractivity contribution in [2.45, 2.75) is 59.2 Å². The van der Waals surface area contributed by atoms with Gasteiger partial charge in [0.2, 0.25) is 0 Å². The summed E-state index contributed by atoms with van der Waals surface area (Å²) >= 11 is 1.78. The summed E-state index contributed by atoms with van der Waals surface area (Å²) in [5.74, 6) is 0. The molecule has 1 N–H and O–H groups in total. The Morgan fingerprint density at radius 2 is 2.33 bits per heavy atom. The maximum absolute atomic E-state index is 5.82. The fourth-order valence-electron chi connectivity index (χ4n) is 2.78. The minimum Gasteiger partial charge on any atom is -0.378 e. The number of aryl methyl sites for hydroxylation is 1. The van der Waals surface area contributed by atoms with Crippen LogP contribution in [0, 0.1) is 12.3 Å². The zero-order valence-electron chi connectivity index (χ0n) is 11.8. The lowest BCUT2D eigenvalue weighted by Gasteiger charge is -2.53. The van der Waals surface area contributed by atoms with Crippen molar-refractivity contribution in [1.29, 1.82) is 0 Å². The van der Waals surface area contributed by atoms with Gasteiger partial charge in [-0.1, -0.05) is 13.8 Å². The number of aromatic nitrogens is 1. The molecular formula is C14H24N2OS. The van der Waals surface area contributed by atoms with Gasteiger partial charge < -0.3 is 10.1 Å². The second kappa shape index (κ2) is 5.68. The molecule has 0 aliphatic heterocycles. The van der Waals surface area contributed by atoms with Crippen LogP contribution in [0.15, 0.2) is 6.20 Å². The van der Waals surface area contributed by atoms with Crippen molar-refractivity contribution in [2.75, 3.05) is 6.61 Å². The summed E-state index contributed by atoms with van der Waals surface area (Å²) in [5, 5.41) is 4.81. The molecule has 102 valence electrons. The van der Waals surface area contributed by atoms with Gasteiger partial charge in [-0.2, -0.15) is 0 Å². The van der Waals surface area contributed by atoms with Gasteiger partial charge in [0.1, 0.15) is 0 Å². The van der Waals surface area contributed by atoms with Crippen molar-refractivity contribution in [3.8, 4) is 0 Å². The van der Waals surface area contributed by atoms with Crippen LogP contribution in [-0.2, 0) is 11.3 Å². The van der Waals surface area contributed by atoms with Gasteiger partial charge in [0, 0.05) is 35.7 Å². The van der Waals surface area contributed by atoms with Crippen LogP contribution in [0.2, 0.25) is 0 Å². The number of nitrogens with one attached hydrogen (secondary N) is 1. The molecule has 0 spiro atoms. The van der Waals surface area contributed by atoms with Gasteiger partial charge >= 0.3 is 0 Å². The van der Waals surface area contributed by atoms with E-state index in [1.807, 2.05) is 6.20 Å². The summed E-state index contributed by atoms with van der Waals surface area (Å²) in [5.41, 5.74) is 0.287. The van der Waals surface area contributed by atoms with E-state index in [1.54, 1.807) is 11.3 Å². The number of thiazole rings is 1. The van der Waals surface area contributed by atoms with Crippen molar-refractivity contribution in [1.82, 2.24) is 10.3 Å². The molecule has 3 nitrogen and oxygen atoms in total. The zero-order valence-corrected chi connectivity index (χ0v) is 12.6. The summed E-state index contributed by atoms with van der Waals surface area (Å²) in [6.07, 6.45) is 4.70. The first-order chi connectivity index (χ1) is 8.60. The molecule has 1 aromatic rings. The molecule has 1 saturated carbocycles.